The van der Waals surface area contributed by atoms with E-state index in [9.17, 15) is 10.1 Å². The van der Waals surface area contributed by atoms with E-state index < -0.39 is 4.92 Å². The van der Waals surface area contributed by atoms with E-state index in [-0.39, 0.29) is 5.69 Å². The molecule has 0 N–H and O–H groups in total. The van der Waals surface area contributed by atoms with Gasteiger partial charge in [-0.3, -0.25) is 15.1 Å². The monoisotopic (exact) mass is 294 g/mol. The third-order valence-corrected chi connectivity index (χ3v) is 3.37. The number of ether oxygens (including phenoxy) is 1. The molecule has 3 rings (SSSR count). The molecule has 0 bridgehead atoms. The second kappa shape index (κ2) is 5.81. The zero-order valence-corrected chi connectivity index (χ0v) is 12.0. The van der Waals surface area contributed by atoms with Gasteiger partial charge in [0, 0.05) is 29.3 Å². The second-order valence-electron chi connectivity index (χ2n) is 4.84. The van der Waals surface area contributed by atoms with E-state index in [0.717, 1.165) is 23.0 Å². The summed E-state index contributed by atoms with van der Waals surface area (Å²) in [6, 6.07) is 15.7. The summed E-state index contributed by atoms with van der Waals surface area (Å²) in [5.41, 5.74) is 1.86. The van der Waals surface area contributed by atoms with Crippen LogP contribution in [0.4, 0.5) is 5.69 Å². The molecule has 0 atom stereocenters. The summed E-state index contributed by atoms with van der Waals surface area (Å²) in [6.45, 7) is 2.03. The molecule has 0 aliphatic carbocycles. The van der Waals surface area contributed by atoms with Gasteiger partial charge in [0.1, 0.15) is 11.5 Å². The van der Waals surface area contributed by atoms with Gasteiger partial charge in [-0.1, -0.05) is 19.1 Å². The number of para-hydroxylation sites is 1. The van der Waals surface area contributed by atoms with Gasteiger partial charge < -0.3 is 4.74 Å². The highest BCUT2D eigenvalue weighted by Gasteiger charge is 2.09. The number of aryl methyl sites for hydroxylation is 1. The molecule has 0 amide bonds. The molecule has 0 fully saturated rings. The number of hydrogen-bond donors (Lipinski definition) is 0. The Kier molecular flexibility index (Phi) is 3.70. The molecule has 0 saturated carbocycles. The van der Waals surface area contributed by atoms with Gasteiger partial charge in [0.15, 0.2) is 0 Å². The fourth-order valence-electron chi connectivity index (χ4n) is 2.22. The van der Waals surface area contributed by atoms with Crippen LogP contribution in [0.3, 0.4) is 0 Å². The van der Waals surface area contributed by atoms with Crippen LogP contribution < -0.4 is 4.74 Å². The summed E-state index contributed by atoms with van der Waals surface area (Å²) in [6.07, 6.45) is 0.807. The number of non-ortho nitro benzene ring substituents is 1. The van der Waals surface area contributed by atoms with Crippen molar-refractivity contribution in [1.29, 1.82) is 0 Å². The van der Waals surface area contributed by atoms with Crippen LogP contribution in [0.5, 0.6) is 11.5 Å². The van der Waals surface area contributed by atoms with Gasteiger partial charge in [0.25, 0.3) is 5.69 Å². The SMILES string of the molecule is CCc1cc(Oc2ccc([N+](=O)[O-])cc2)c2ccccc2n1. The molecule has 1 aromatic heterocycles. The Hall–Kier alpha value is -2.95. The summed E-state index contributed by atoms with van der Waals surface area (Å²) >= 11 is 0. The number of nitro benzene ring substituents is 1. The van der Waals surface area contributed by atoms with Crippen molar-refractivity contribution in [1.82, 2.24) is 4.98 Å². The van der Waals surface area contributed by atoms with Crippen LogP contribution in [-0.4, -0.2) is 9.91 Å². The quantitative estimate of drug-likeness (QED) is 0.525. The van der Waals surface area contributed by atoms with Crippen molar-refractivity contribution in [3.63, 3.8) is 0 Å². The summed E-state index contributed by atoms with van der Waals surface area (Å²) in [4.78, 5) is 14.8. The number of nitrogens with zero attached hydrogens (tertiary/aromatic N) is 2. The van der Waals surface area contributed by atoms with E-state index in [1.54, 1.807) is 12.1 Å². The molecular weight excluding hydrogens is 280 g/mol. The lowest BCUT2D eigenvalue weighted by atomic mass is 10.1. The summed E-state index contributed by atoms with van der Waals surface area (Å²) in [5, 5.41) is 11.6. The van der Waals surface area contributed by atoms with Crippen molar-refractivity contribution in [2.45, 2.75) is 13.3 Å². The standard InChI is InChI=1S/C17H14N2O3/c1-2-12-11-17(15-5-3-4-6-16(15)18-12)22-14-9-7-13(8-10-14)19(20)21/h3-11H,2H2,1H3. The average Bonchev–Trinajstić information content (AvgIpc) is 2.55. The van der Waals surface area contributed by atoms with Crippen LogP contribution >= 0.6 is 0 Å². The number of benzene rings is 2. The van der Waals surface area contributed by atoms with E-state index in [0.29, 0.717) is 11.5 Å². The highest BCUT2D eigenvalue weighted by atomic mass is 16.6. The third-order valence-electron chi connectivity index (χ3n) is 3.37. The first kappa shape index (κ1) is 14.0. The maximum absolute atomic E-state index is 10.7. The molecule has 0 unspecified atom stereocenters. The van der Waals surface area contributed by atoms with Gasteiger partial charge in [-0.15, -0.1) is 0 Å². The molecule has 0 aliphatic rings. The molecule has 0 aliphatic heterocycles. The summed E-state index contributed by atoms with van der Waals surface area (Å²) < 4.78 is 5.91. The Labute approximate surface area is 127 Å². The number of pyridine rings is 1. The Morgan fingerprint density at radius 2 is 1.86 bits per heavy atom. The average molecular weight is 294 g/mol. The van der Waals surface area contributed by atoms with E-state index in [1.165, 1.54) is 12.1 Å². The fraction of sp³-hybridized carbons (Fsp3) is 0.118. The van der Waals surface area contributed by atoms with Crippen LogP contribution in [-0.2, 0) is 6.42 Å². The Bertz CT molecular complexity index is 829. The largest absolute Gasteiger partial charge is 0.457 e. The summed E-state index contributed by atoms with van der Waals surface area (Å²) in [5.74, 6) is 1.26. The normalized spacial score (nSPS) is 10.6. The van der Waals surface area contributed by atoms with Crippen LogP contribution in [0.15, 0.2) is 54.6 Å². The zero-order chi connectivity index (χ0) is 15.5. The maximum Gasteiger partial charge on any atom is 0.269 e. The van der Waals surface area contributed by atoms with Gasteiger partial charge in [-0.05, 0) is 30.7 Å². The van der Waals surface area contributed by atoms with Crippen LogP contribution in [0, 0.1) is 10.1 Å². The maximum atomic E-state index is 10.7. The third kappa shape index (κ3) is 2.74. The van der Waals surface area contributed by atoms with E-state index >= 15 is 0 Å². The van der Waals surface area contributed by atoms with Crippen LogP contribution in [0.25, 0.3) is 10.9 Å². The molecule has 5 nitrogen and oxygen atoms in total. The number of hydrogen-bond acceptors (Lipinski definition) is 4. The number of aromatic nitrogens is 1. The topological polar surface area (TPSA) is 65.3 Å². The van der Waals surface area contributed by atoms with Crippen molar-refractivity contribution in [2.24, 2.45) is 0 Å². The van der Waals surface area contributed by atoms with Gasteiger partial charge in [-0.25, -0.2) is 0 Å². The molecular formula is C17H14N2O3. The molecule has 110 valence electrons. The van der Waals surface area contributed by atoms with Crippen LogP contribution in [0.2, 0.25) is 0 Å². The van der Waals surface area contributed by atoms with Gasteiger partial charge in [0.05, 0.1) is 10.4 Å². The van der Waals surface area contributed by atoms with E-state index in [1.807, 2.05) is 37.3 Å². The lowest BCUT2D eigenvalue weighted by Gasteiger charge is -2.10. The van der Waals surface area contributed by atoms with E-state index in [4.69, 9.17) is 4.74 Å². The lowest BCUT2D eigenvalue weighted by molar-refractivity contribution is -0.384. The van der Waals surface area contributed by atoms with Crippen molar-refractivity contribution >= 4 is 16.6 Å². The van der Waals surface area contributed by atoms with Crippen molar-refractivity contribution in [3.8, 4) is 11.5 Å². The second-order valence-corrected chi connectivity index (χ2v) is 4.84. The molecule has 1 heterocycles. The number of nitro groups is 1. The van der Waals surface area contributed by atoms with Crippen LogP contribution in [0.1, 0.15) is 12.6 Å². The molecule has 2 aromatic carbocycles. The fourth-order valence-corrected chi connectivity index (χ4v) is 2.22. The first-order valence-corrected chi connectivity index (χ1v) is 6.98. The first-order valence-electron chi connectivity index (χ1n) is 6.98. The van der Waals surface area contributed by atoms with Crippen molar-refractivity contribution < 1.29 is 9.66 Å². The highest BCUT2D eigenvalue weighted by molar-refractivity contribution is 5.85. The van der Waals surface area contributed by atoms with Gasteiger partial charge in [-0.2, -0.15) is 0 Å². The molecule has 5 heteroatoms. The number of fused-ring (bicyclic) bond motifs is 1. The lowest BCUT2D eigenvalue weighted by Crippen LogP contribution is -1.93. The minimum absolute atomic E-state index is 0.0428. The predicted molar refractivity (Wildman–Crippen MR) is 84.3 cm³/mol. The minimum Gasteiger partial charge on any atom is -0.457 e. The smallest absolute Gasteiger partial charge is 0.269 e. The molecule has 0 radical (unpaired) electrons. The van der Waals surface area contributed by atoms with Gasteiger partial charge >= 0.3 is 0 Å². The predicted octanol–water partition coefficient (Wildman–Crippen LogP) is 4.50. The van der Waals surface area contributed by atoms with Crippen molar-refractivity contribution in [3.05, 3.63) is 70.4 Å². The molecule has 0 saturated heterocycles. The highest BCUT2D eigenvalue weighted by Crippen LogP contribution is 2.30. The Morgan fingerprint density at radius 1 is 1.14 bits per heavy atom. The van der Waals surface area contributed by atoms with Crippen molar-refractivity contribution in [2.75, 3.05) is 0 Å². The molecule has 22 heavy (non-hydrogen) atoms. The first-order chi connectivity index (χ1) is 10.7. The molecule has 0 spiro atoms. The molecule has 3 aromatic rings. The summed E-state index contributed by atoms with van der Waals surface area (Å²) in [7, 11) is 0. The Morgan fingerprint density at radius 3 is 2.55 bits per heavy atom. The zero-order valence-electron chi connectivity index (χ0n) is 12.0. The van der Waals surface area contributed by atoms with E-state index in [2.05, 4.69) is 4.98 Å². The Balaban J connectivity index is 2.00. The minimum atomic E-state index is -0.430. The number of rotatable bonds is 4. The van der Waals surface area contributed by atoms with Gasteiger partial charge in [0.2, 0.25) is 0 Å².